The first kappa shape index (κ1) is 20.9. The van der Waals surface area contributed by atoms with Gasteiger partial charge >= 0.3 is 5.97 Å². The molecule has 1 aromatic heterocycles. The molecule has 0 unspecified atom stereocenters. The minimum absolute atomic E-state index is 0.176. The van der Waals surface area contributed by atoms with Gasteiger partial charge in [0.2, 0.25) is 0 Å². The van der Waals surface area contributed by atoms with Gasteiger partial charge in [-0.1, -0.05) is 39.0 Å². The molecule has 7 heteroatoms. The smallest absolute Gasteiger partial charge is 0.328 e. The number of amides is 1. The van der Waals surface area contributed by atoms with Crippen molar-refractivity contribution in [1.29, 1.82) is 0 Å². The molecule has 1 atom stereocenters. The number of ether oxygens (including phenoxy) is 1. The van der Waals surface area contributed by atoms with E-state index < -0.39 is 23.3 Å². The van der Waals surface area contributed by atoms with Gasteiger partial charge in [0.1, 0.15) is 6.04 Å². The van der Waals surface area contributed by atoms with Gasteiger partial charge < -0.3 is 15.2 Å². The second-order valence-electron chi connectivity index (χ2n) is 7.67. The highest BCUT2D eigenvalue weighted by Gasteiger charge is 2.34. The second kappa shape index (κ2) is 8.99. The van der Waals surface area contributed by atoms with Gasteiger partial charge in [0.25, 0.3) is 5.91 Å². The Kier molecular flexibility index (Phi) is 6.96. The molecule has 0 aliphatic heterocycles. The van der Waals surface area contributed by atoms with Crippen molar-refractivity contribution in [2.45, 2.75) is 52.6 Å². The third kappa shape index (κ3) is 5.07. The summed E-state index contributed by atoms with van der Waals surface area (Å²) in [5.41, 5.74) is 0.675. The average Bonchev–Trinajstić information content (AvgIpc) is 3.00. The zero-order valence-electron chi connectivity index (χ0n) is 16.5. The van der Waals surface area contributed by atoms with Crippen molar-refractivity contribution in [3.63, 3.8) is 0 Å². The van der Waals surface area contributed by atoms with Crippen LogP contribution in [0, 0.1) is 5.41 Å². The first-order chi connectivity index (χ1) is 12.8. The maximum absolute atomic E-state index is 12.9. The van der Waals surface area contributed by atoms with E-state index in [1.807, 2.05) is 49.7 Å². The highest BCUT2D eigenvalue weighted by molar-refractivity contribution is 6.06. The molecule has 2 aromatic rings. The zero-order valence-corrected chi connectivity index (χ0v) is 16.5. The van der Waals surface area contributed by atoms with Crippen LogP contribution in [0.25, 0.3) is 10.9 Å². The first-order valence-electron chi connectivity index (χ1n) is 9.24. The number of fused-ring (bicyclic) bond motifs is 1. The number of unbranched alkanes of at least 4 members (excludes halogenated alkanes) is 2. The fourth-order valence-electron chi connectivity index (χ4n) is 2.96. The highest BCUT2D eigenvalue weighted by Crippen LogP contribution is 2.23. The summed E-state index contributed by atoms with van der Waals surface area (Å²) < 4.78 is 6.66. The molecule has 27 heavy (non-hydrogen) atoms. The van der Waals surface area contributed by atoms with E-state index in [0.29, 0.717) is 12.2 Å². The molecular formula is C20H29N3O4. The molecular weight excluding hydrogens is 346 g/mol. The molecule has 1 amide bonds. The number of aliphatic hydroxyl groups excluding tert-OH is 1. The predicted molar refractivity (Wildman–Crippen MR) is 103 cm³/mol. The van der Waals surface area contributed by atoms with E-state index in [-0.39, 0.29) is 6.61 Å². The molecule has 0 fully saturated rings. The zero-order chi connectivity index (χ0) is 20.0. The van der Waals surface area contributed by atoms with Gasteiger partial charge in [-0.25, -0.2) is 4.79 Å². The number of hydrogen-bond acceptors (Lipinski definition) is 5. The highest BCUT2D eigenvalue weighted by atomic mass is 16.5. The number of hydrogen-bond donors (Lipinski definition) is 2. The molecule has 7 nitrogen and oxygen atoms in total. The van der Waals surface area contributed by atoms with Gasteiger partial charge in [0, 0.05) is 18.5 Å². The van der Waals surface area contributed by atoms with E-state index in [4.69, 9.17) is 9.84 Å². The van der Waals surface area contributed by atoms with Gasteiger partial charge in [-0.05, 0) is 30.7 Å². The standard InChI is InChI=1S/C20H29N3O4/c1-20(2,3)17(19(26)27-4)21-18(25)16-14-10-6-7-11-15(14)23(22-16)12-8-5-9-13-24/h6-7,10-11,17,24H,5,8-9,12-13H2,1-4H3,(H,21,25)/t17-/m1/s1. The lowest BCUT2D eigenvalue weighted by atomic mass is 9.86. The summed E-state index contributed by atoms with van der Waals surface area (Å²) in [6.45, 7) is 6.44. The molecule has 0 bridgehead atoms. The van der Waals surface area contributed by atoms with Gasteiger partial charge in [-0.15, -0.1) is 0 Å². The van der Waals surface area contributed by atoms with Gasteiger partial charge in [0.05, 0.1) is 12.6 Å². The molecule has 1 aromatic carbocycles. The number of aliphatic hydroxyl groups is 1. The van der Waals surface area contributed by atoms with Crippen LogP contribution in [-0.4, -0.2) is 46.5 Å². The quantitative estimate of drug-likeness (QED) is 0.546. The van der Waals surface area contributed by atoms with Crippen molar-refractivity contribution < 1.29 is 19.4 Å². The molecule has 2 N–H and O–H groups in total. The van der Waals surface area contributed by atoms with Crippen molar-refractivity contribution in [3.8, 4) is 0 Å². The van der Waals surface area contributed by atoms with Crippen molar-refractivity contribution >= 4 is 22.8 Å². The summed E-state index contributed by atoms with van der Waals surface area (Å²) in [6.07, 6.45) is 2.50. The molecule has 0 saturated carbocycles. The summed E-state index contributed by atoms with van der Waals surface area (Å²) in [6, 6.07) is 6.77. The summed E-state index contributed by atoms with van der Waals surface area (Å²) in [4.78, 5) is 25.0. The van der Waals surface area contributed by atoms with E-state index in [9.17, 15) is 9.59 Å². The molecule has 0 saturated heterocycles. The normalized spacial score (nSPS) is 12.8. The molecule has 0 aliphatic carbocycles. The Morgan fingerprint density at radius 2 is 1.93 bits per heavy atom. The Hall–Kier alpha value is -2.41. The van der Waals surface area contributed by atoms with Gasteiger partial charge in [0.15, 0.2) is 5.69 Å². The number of methoxy groups -OCH3 is 1. The van der Waals surface area contributed by atoms with Crippen molar-refractivity contribution in [2.24, 2.45) is 5.41 Å². The number of carbonyl (C=O) groups is 2. The molecule has 148 valence electrons. The van der Waals surface area contributed by atoms with Crippen LogP contribution in [0.4, 0.5) is 0 Å². The maximum atomic E-state index is 12.9. The fraction of sp³-hybridized carbons (Fsp3) is 0.550. The second-order valence-corrected chi connectivity index (χ2v) is 7.67. The van der Waals surface area contributed by atoms with Crippen LogP contribution in [0.15, 0.2) is 24.3 Å². The number of nitrogens with zero attached hydrogens (tertiary/aromatic N) is 2. The van der Waals surface area contributed by atoms with Crippen LogP contribution in [0.2, 0.25) is 0 Å². The maximum Gasteiger partial charge on any atom is 0.328 e. The molecule has 0 radical (unpaired) electrons. The van der Waals surface area contributed by atoms with E-state index in [2.05, 4.69) is 10.4 Å². The number of aromatic nitrogens is 2. The topological polar surface area (TPSA) is 93.5 Å². The monoisotopic (exact) mass is 375 g/mol. The van der Waals surface area contributed by atoms with Crippen LogP contribution >= 0.6 is 0 Å². The minimum atomic E-state index is -0.775. The van der Waals surface area contributed by atoms with E-state index in [0.717, 1.165) is 30.2 Å². The molecule has 2 rings (SSSR count). The van der Waals surface area contributed by atoms with E-state index >= 15 is 0 Å². The lowest BCUT2D eigenvalue weighted by molar-refractivity contribution is -0.145. The Morgan fingerprint density at radius 1 is 1.22 bits per heavy atom. The lowest BCUT2D eigenvalue weighted by Crippen LogP contribution is -2.49. The number of carbonyl (C=O) groups excluding carboxylic acids is 2. The van der Waals surface area contributed by atoms with Gasteiger partial charge in [-0.2, -0.15) is 5.10 Å². The Balaban J connectivity index is 2.28. The summed E-state index contributed by atoms with van der Waals surface area (Å²) in [5.74, 6) is -0.880. The molecule has 0 aliphatic rings. The summed E-state index contributed by atoms with van der Waals surface area (Å²) in [5, 5.41) is 16.9. The largest absolute Gasteiger partial charge is 0.467 e. The minimum Gasteiger partial charge on any atom is -0.467 e. The molecule has 1 heterocycles. The van der Waals surface area contributed by atoms with Crippen molar-refractivity contribution in [1.82, 2.24) is 15.1 Å². The predicted octanol–water partition coefficient (Wildman–Crippen LogP) is 2.52. The number of rotatable bonds is 8. The fourth-order valence-corrected chi connectivity index (χ4v) is 2.96. The van der Waals surface area contributed by atoms with Crippen molar-refractivity contribution in [3.05, 3.63) is 30.0 Å². The van der Waals surface area contributed by atoms with E-state index in [1.165, 1.54) is 7.11 Å². The Labute approximate surface area is 159 Å². The van der Waals surface area contributed by atoms with Gasteiger partial charge in [-0.3, -0.25) is 9.48 Å². The lowest BCUT2D eigenvalue weighted by Gasteiger charge is -2.28. The molecule has 0 spiro atoms. The number of esters is 1. The van der Waals surface area contributed by atoms with Crippen LogP contribution in [0.3, 0.4) is 0 Å². The van der Waals surface area contributed by atoms with Crippen LogP contribution in [-0.2, 0) is 16.1 Å². The van der Waals surface area contributed by atoms with Crippen LogP contribution in [0.5, 0.6) is 0 Å². The van der Waals surface area contributed by atoms with Crippen molar-refractivity contribution in [2.75, 3.05) is 13.7 Å². The third-order valence-corrected chi connectivity index (χ3v) is 4.48. The third-order valence-electron chi connectivity index (χ3n) is 4.48. The van der Waals surface area contributed by atoms with Crippen LogP contribution in [0.1, 0.15) is 50.5 Å². The summed E-state index contributed by atoms with van der Waals surface area (Å²) in [7, 11) is 1.31. The Morgan fingerprint density at radius 3 is 2.56 bits per heavy atom. The number of para-hydroxylation sites is 1. The van der Waals surface area contributed by atoms with Crippen LogP contribution < -0.4 is 5.32 Å². The first-order valence-corrected chi connectivity index (χ1v) is 9.24. The number of benzene rings is 1. The Bertz CT molecular complexity index is 792. The number of nitrogens with one attached hydrogen (secondary N) is 1. The SMILES string of the molecule is COC(=O)[C@@H](NC(=O)c1nn(CCCCCO)c2ccccc12)C(C)(C)C. The van der Waals surface area contributed by atoms with E-state index in [1.54, 1.807) is 0 Å². The average molecular weight is 375 g/mol. The number of aryl methyl sites for hydroxylation is 1. The summed E-state index contributed by atoms with van der Waals surface area (Å²) >= 11 is 0.